The first kappa shape index (κ1) is 11.6. The number of hydrogen-bond acceptors (Lipinski definition) is 2. The van der Waals surface area contributed by atoms with Gasteiger partial charge in [-0.3, -0.25) is 4.68 Å². The summed E-state index contributed by atoms with van der Waals surface area (Å²) in [6.45, 7) is 4.20. The molecule has 0 saturated heterocycles. The van der Waals surface area contributed by atoms with Crippen LogP contribution in [0.25, 0.3) is 0 Å². The molecule has 1 aromatic rings. The number of rotatable bonds is 5. The lowest BCUT2D eigenvalue weighted by molar-refractivity contribution is 0.367. The minimum Gasteiger partial charge on any atom is -0.314 e. The van der Waals surface area contributed by atoms with E-state index >= 15 is 0 Å². The van der Waals surface area contributed by atoms with Crippen LogP contribution in [0.1, 0.15) is 44.2 Å². The lowest BCUT2D eigenvalue weighted by Gasteiger charge is -2.22. The van der Waals surface area contributed by atoms with Gasteiger partial charge in [0.1, 0.15) is 0 Å². The molecule has 0 aromatic carbocycles. The number of nitrogens with one attached hydrogen (secondary N) is 1. The standard InChI is InChI=1S/C13H23N3/c1-12-8-11-16(15-12)10-5-9-14-13-6-3-2-4-7-13/h8,11,13-14H,2-7,9-10H2,1H3. The maximum absolute atomic E-state index is 4.38. The van der Waals surface area contributed by atoms with E-state index in [4.69, 9.17) is 0 Å². The molecule has 3 nitrogen and oxygen atoms in total. The van der Waals surface area contributed by atoms with Crippen LogP contribution in [-0.2, 0) is 6.54 Å². The molecule has 1 heterocycles. The van der Waals surface area contributed by atoms with E-state index in [1.54, 1.807) is 0 Å². The third-order valence-corrected chi connectivity index (χ3v) is 3.38. The monoisotopic (exact) mass is 221 g/mol. The van der Waals surface area contributed by atoms with Crippen LogP contribution in [0.3, 0.4) is 0 Å². The Labute approximate surface area is 98.2 Å². The summed E-state index contributed by atoms with van der Waals surface area (Å²) in [5.41, 5.74) is 1.11. The van der Waals surface area contributed by atoms with Crippen molar-refractivity contribution in [2.45, 2.75) is 58.0 Å². The molecule has 16 heavy (non-hydrogen) atoms. The molecule has 0 amide bonds. The Balaban J connectivity index is 1.57. The van der Waals surface area contributed by atoms with Crippen molar-refractivity contribution in [3.63, 3.8) is 0 Å². The van der Waals surface area contributed by atoms with Crippen molar-refractivity contribution in [3.05, 3.63) is 18.0 Å². The molecular formula is C13H23N3. The normalized spacial score (nSPS) is 17.8. The van der Waals surface area contributed by atoms with Gasteiger partial charge in [0.25, 0.3) is 0 Å². The molecule has 1 aromatic heterocycles. The second-order valence-electron chi connectivity index (χ2n) is 4.86. The van der Waals surface area contributed by atoms with Gasteiger partial charge in [-0.05, 0) is 38.8 Å². The van der Waals surface area contributed by atoms with Crippen LogP contribution in [0.2, 0.25) is 0 Å². The molecule has 2 rings (SSSR count). The summed E-state index contributed by atoms with van der Waals surface area (Å²) >= 11 is 0. The number of aromatic nitrogens is 2. The lowest BCUT2D eigenvalue weighted by Crippen LogP contribution is -2.32. The van der Waals surface area contributed by atoms with Crippen molar-refractivity contribution in [3.8, 4) is 0 Å². The highest BCUT2D eigenvalue weighted by Crippen LogP contribution is 2.17. The molecule has 0 unspecified atom stereocenters. The fourth-order valence-electron chi connectivity index (χ4n) is 2.44. The van der Waals surface area contributed by atoms with Crippen LogP contribution in [0.5, 0.6) is 0 Å². The number of aryl methyl sites for hydroxylation is 2. The molecular weight excluding hydrogens is 198 g/mol. The minimum atomic E-state index is 0.785. The van der Waals surface area contributed by atoms with E-state index in [1.165, 1.54) is 38.5 Å². The van der Waals surface area contributed by atoms with Gasteiger partial charge in [0.15, 0.2) is 0 Å². The predicted octanol–water partition coefficient (Wildman–Crippen LogP) is 2.50. The average molecular weight is 221 g/mol. The Kier molecular flexibility index (Phi) is 4.40. The van der Waals surface area contributed by atoms with Gasteiger partial charge in [-0.15, -0.1) is 0 Å². The molecule has 1 N–H and O–H groups in total. The molecule has 0 radical (unpaired) electrons. The minimum absolute atomic E-state index is 0.785. The van der Waals surface area contributed by atoms with Crippen molar-refractivity contribution in [2.75, 3.05) is 6.54 Å². The zero-order valence-electron chi connectivity index (χ0n) is 10.3. The molecule has 1 saturated carbocycles. The van der Waals surface area contributed by atoms with Crippen LogP contribution in [0.4, 0.5) is 0 Å². The first-order valence-electron chi connectivity index (χ1n) is 6.58. The van der Waals surface area contributed by atoms with E-state index in [-0.39, 0.29) is 0 Å². The molecule has 1 aliphatic rings. The van der Waals surface area contributed by atoms with Crippen molar-refractivity contribution in [1.29, 1.82) is 0 Å². The smallest absolute Gasteiger partial charge is 0.0593 e. The van der Waals surface area contributed by atoms with Gasteiger partial charge in [-0.1, -0.05) is 19.3 Å². The summed E-state index contributed by atoms with van der Waals surface area (Å²) in [7, 11) is 0. The van der Waals surface area contributed by atoms with Crippen molar-refractivity contribution < 1.29 is 0 Å². The molecule has 0 atom stereocenters. The zero-order chi connectivity index (χ0) is 11.2. The fraction of sp³-hybridized carbons (Fsp3) is 0.769. The third-order valence-electron chi connectivity index (χ3n) is 3.38. The Morgan fingerprint density at radius 1 is 1.38 bits per heavy atom. The summed E-state index contributed by atoms with van der Waals surface area (Å²) in [4.78, 5) is 0. The van der Waals surface area contributed by atoms with Gasteiger partial charge in [0.05, 0.1) is 5.69 Å². The molecule has 90 valence electrons. The third kappa shape index (κ3) is 3.63. The van der Waals surface area contributed by atoms with Crippen LogP contribution >= 0.6 is 0 Å². The first-order chi connectivity index (χ1) is 7.84. The highest BCUT2D eigenvalue weighted by atomic mass is 15.3. The molecule has 1 fully saturated rings. The van der Waals surface area contributed by atoms with E-state index in [1.807, 2.05) is 11.6 Å². The van der Waals surface area contributed by atoms with Crippen LogP contribution in [0, 0.1) is 6.92 Å². The summed E-state index contributed by atoms with van der Waals surface area (Å²) in [5.74, 6) is 0. The lowest BCUT2D eigenvalue weighted by atomic mass is 9.95. The van der Waals surface area contributed by atoms with Crippen LogP contribution in [0.15, 0.2) is 12.3 Å². The first-order valence-corrected chi connectivity index (χ1v) is 6.58. The Bertz CT molecular complexity index is 300. The molecule has 0 bridgehead atoms. The highest BCUT2D eigenvalue weighted by Gasteiger charge is 2.11. The van der Waals surface area contributed by atoms with Crippen LogP contribution in [-0.4, -0.2) is 22.4 Å². The quantitative estimate of drug-likeness (QED) is 0.774. The molecule has 0 spiro atoms. The fourth-order valence-corrected chi connectivity index (χ4v) is 2.44. The maximum Gasteiger partial charge on any atom is 0.0593 e. The predicted molar refractivity (Wildman–Crippen MR) is 66.5 cm³/mol. The van der Waals surface area contributed by atoms with Gasteiger partial charge in [-0.25, -0.2) is 0 Å². The topological polar surface area (TPSA) is 29.9 Å². The van der Waals surface area contributed by atoms with Crippen LogP contribution < -0.4 is 5.32 Å². The van der Waals surface area contributed by atoms with E-state index in [2.05, 4.69) is 22.7 Å². The molecule has 3 heteroatoms. The zero-order valence-corrected chi connectivity index (χ0v) is 10.3. The highest BCUT2D eigenvalue weighted by molar-refractivity contribution is 4.94. The summed E-state index contributed by atoms with van der Waals surface area (Å²) in [6, 6.07) is 2.85. The van der Waals surface area contributed by atoms with Crippen molar-refractivity contribution >= 4 is 0 Å². The largest absolute Gasteiger partial charge is 0.314 e. The van der Waals surface area contributed by atoms with E-state index in [9.17, 15) is 0 Å². The Morgan fingerprint density at radius 3 is 2.88 bits per heavy atom. The summed E-state index contributed by atoms with van der Waals surface area (Å²) in [5, 5.41) is 8.04. The van der Waals surface area contributed by atoms with Gasteiger partial charge in [0.2, 0.25) is 0 Å². The summed E-state index contributed by atoms with van der Waals surface area (Å²) in [6.07, 6.45) is 10.3. The maximum atomic E-state index is 4.38. The Morgan fingerprint density at radius 2 is 2.19 bits per heavy atom. The molecule has 1 aliphatic carbocycles. The second-order valence-corrected chi connectivity index (χ2v) is 4.86. The number of hydrogen-bond donors (Lipinski definition) is 1. The van der Waals surface area contributed by atoms with Gasteiger partial charge in [-0.2, -0.15) is 5.10 Å². The second kappa shape index (κ2) is 6.04. The van der Waals surface area contributed by atoms with E-state index in [0.717, 1.165) is 24.8 Å². The van der Waals surface area contributed by atoms with Gasteiger partial charge in [0, 0.05) is 18.8 Å². The SMILES string of the molecule is Cc1ccn(CCCNC2CCCCC2)n1. The van der Waals surface area contributed by atoms with Crippen molar-refractivity contribution in [1.82, 2.24) is 15.1 Å². The summed E-state index contributed by atoms with van der Waals surface area (Å²) < 4.78 is 2.04. The van der Waals surface area contributed by atoms with Crippen molar-refractivity contribution in [2.24, 2.45) is 0 Å². The molecule has 0 aliphatic heterocycles. The average Bonchev–Trinajstić information content (AvgIpc) is 2.72. The number of nitrogens with zero attached hydrogens (tertiary/aromatic N) is 2. The Hall–Kier alpha value is -0.830. The van der Waals surface area contributed by atoms with Gasteiger partial charge >= 0.3 is 0 Å². The van der Waals surface area contributed by atoms with Gasteiger partial charge < -0.3 is 5.32 Å². The van der Waals surface area contributed by atoms with E-state index in [0.29, 0.717) is 0 Å². The van der Waals surface area contributed by atoms with E-state index < -0.39 is 0 Å².